The molecule has 0 aliphatic heterocycles. The molecular weight excluding hydrogens is 228 g/mol. The van der Waals surface area contributed by atoms with Crippen LogP contribution in [0.4, 0.5) is 11.4 Å². The molecule has 0 saturated heterocycles. The third kappa shape index (κ3) is 2.21. The summed E-state index contributed by atoms with van der Waals surface area (Å²) in [6, 6.07) is 12.5. The molecule has 0 aliphatic rings. The molecular formula is C13H8N4O+2. The third-order valence-electron chi connectivity index (χ3n) is 2.49. The summed E-state index contributed by atoms with van der Waals surface area (Å²) >= 11 is 0. The van der Waals surface area contributed by atoms with Crippen LogP contribution in [0.3, 0.4) is 0 Å². The normalized spacial score (nSPS) is 9.22. The number of hydrogen-bond acceptors (Lipinski definition) is 3. The van der Waals surface area contributed by atoms with E-state index in [0.29, 0.717) is 22.5 Å². The Balaban J connectivity index is 2.30. The van der Waals surface area contributed by atoms with Gasteiger partial charge in [0.2, 0.25) is 10.8 Å². The topological polar surface area (TPSA) is 73.4 Å². The summed E-state index contributed by atoms with van der Waals surface area (Å²) in [5.74, 6) is -0.149. The molecule has 5 heteroatoms. The molecule has 2 aromatic rings. The molecule has 0 fully saturated rings. The molecule has 18 heavy (non-hydrogen) atoms. The number of diazo groups is 2. The maximum Gasteiger partial charge on any atom is 0.385 e. The van der Waals surface area contributed by atoms with Crippen molar-refractivity contribution in [2.24, 2.45) is 0 Å². The van der Waals surface area contributed by atoms with E-state index in [0.717, 1.165) is 0 Å². The number of benzene rings is 2. The van der Waals surface area contributed by atoms with Gasteiger partial charge in [-0.3, -0.25) is 4.79 Å². The highest BCUT2D eigenvalue weighted by molar-refractivity contribution is 6.09. The molecule has 0 atom stereocenters. The van der Waals surface area contributed by atoms with Crippen molar-refractivity contribution in [2.75, 3.05) is 0 Å². The molecule has 5 nitrogen and oxygen atoms in total. The highest BCUT2D eigenvalue weighted by Crippen LogP contribution is 2.18. The average Bonchev–Trinajstić information content (AvgIpc) is 2.47. The van der Waals surface area contributed by atoms with Crippen LogP contribution in [0, 0.1) is 10.8 Å². The molecule has 0 bridgehead atoms. The van der Waals surface area contributed by atoms with Gasteiger partial charge in [0.15, 0.2) is 15.7 Å². The predicted molar refractivity (Wildman–Crippen MR) is 65.8 cm³/mol. The van der Waals surface area contributed by atoms with Gasteiger partial charge in [0.25, 0.3) is 0 Å². The molecule has 0 aromatic heterocycles. The van der Waals surface area contributed by atoms with Gasteiger partial charge in [-0.1, -0.05) is 0 Å². The van der Waals surface area contributed by atoms with Gasteiger partial charge in [0.05, 0.1) is 0 Å². The summed E-state index contributed by atoms with van der Waals surface area (Å²) in [5, 5.41) is 17.1. The fraction of sp³-hybridized carbons (Fsp3) is 0. The third-order valence-corrected chi connectivity index (χ3v) is 2.49. The molecule has 0 N–H and O–H groups in total. The van der Waals surface area contributed by atoms with Crippen LogP contribution in [0.15, 0.2) is 48.5 Å². The van der Waals surface area contributed by atoms with E-state index in [1.165, 1.54) is 0 Å². The fourth-order valence-corrected chi connectivity index (χ4v) is 1.53. The Hall–Kier alpha value is -3.05. The van der Waals surface area contributed by atoms with Crippen molar-refractivity contribution in [2.45, 2.75) is 0 Å². The SMILES string of the molecule is N#[N+]c1ccc(C(=O)c2ccc([N+]#N)cc2)cc1. The van der Waals surface area contributed by atoms with Crippen LogP contribution >= 0.6 is 0 Å². The van der Waals surface area contributed by atoms with Crippen LogP contribution in [-0.4, -0.2) is 5.78 Å². The van der Waals surface area contributed by atoms with Crippen molar-refractivity contribution >= 4 is 17.2 Å². The Morgan fingerprint density at radius 2 is 1.06 bits per heavy atom. The molecule has 0 spiro atoms. The van der Waals surface area contributed by atoms with Gasteiger partial charge in [-0.25, -0.2) is 0 Å². The van der Waals surface area contributed by atoms with Crippen molar-refractivity contribution in [1.82, 2.24) is 0 Å². The molecule has 2 aromatic carbocycles. The first-order valence-corrected chi connectivity index (χ1v) is 5.19. The Morgan fingerprint density at radius 1 is 0.722 bits per heavy atom. The second-order valence-electron chi connectivity index (χ2n) is 3.62. The second kappa shape index (κ2) is 4.86. The van der Waals surface area contributed by atoms with Gasteiger partial charge < -0.3 is 0 Å². The van der Waals surface area contributed by atoms with E-state index in [1.54, 1.807) is 48.5 Å². The summed E-state index contributed by atoms with van der Waals surface area (Å²) in [7, 11) is 0. The molecule has 0 aliphatic carbocycles. The van der Waals surface area contributed by atoms with Crippen LogP contribution < -0.4 is 0 Å². The minimum absolute atomic E-state index is 0.149. The van der Waals surface area contributed by atoms with E-state index in [1.807, 2.05) is 0 Å². The first kappa shape index (κ1) is 11.4. The molecule has 84 valence electrons. The Bertz CT molecular complexity index is 601. The molecule has 2 rings (SSSR count). The lowest BCUT2D eigenvalue weighted by atomic mass is 10.0. The van der Waals surface area contributed by atoms with Gasteiger partial charge in [0.1, 0.15) is 0 Å². The maximum atomic E-state index is 12.1. The summed E-state index contributed by atoms with van der Waals surface area (Å²) in [6.07, 6.45) is 0. The van der Waals surface area contributed by atoms with Crippen molar-refractivity contribution < 1.29 is 4.79 Å². The predicted octanol–water partition coefficient (Wildman–Crippen LogP) is 3.89. The van der Waals surface area contributed by atoms with Gasteiger partial charge in [-0.15, -0.1) is 0 Å². The van der Waals surface area contributed by atoms with Crippen LogP contribution in [0.2, 0.25) is 0 Å². The van der Waals surface area contributed by atoms with Crippen molar-refractivity contribution in [3.05, 3.63) is 69.6 Å². The number of carbonyl (C=O) groups excluding carboxylic acids is 1. The lowest BCUT2D eigenvalue weighted by molar-refractivity contribution is 0.103. The number of carbonyl (C=O) groups is 1. The zero-order valence-corrected chi connectivity index (χ0v) is 9.32. The Labute approximate surface area is 103 Å². The number of ketones is 1. The summed E-state index contributed by atoms with van der Waals surface area (Å²) < 4.78 is 0. The Morgan fingerprint density at radius 3 is 1.33 bits per heavy atom. The standard InChI is InChI=1S/C13H8N4O/c14-16-11-5-1-9(2-6-11)13(18)10-3-7-12(17-15)8-4-10/h1-8H/q+2. The lowest BCUT2D eigenvalue weighted by Gasteiger charge is -1.98. The van der Waals surface area contributed by atoms with Crippen LogP contribution in [0.25, 0.3) is 9.95 Å². The zero-order valence-electron chi connectivity index (χ0n) is 9.32. The van der Waals surface area contributed by atoms with Gasteiger partial charge >= 0.3 is 11.4 Å². The van der Waals surface area contributed by atoms with Crippen molar-refractivity contribution in [1.29, 1.82) is 10.8 Å². The van der Waals surface area contributed by atoms with E-state index in [4.69, 9.17) is 10.8 Å². The second-order valence-corrected chi connectivity index (χ2v) is 3.62. The van der Waals surface area contributed by atoms with E-state index in [-0.39, 0.29) is 5.78 Å². The quantitative estimate of drug-likeness (QED) is 0.586. The maximum absolute atomic E-state index is 12.1. The number of rotatable bonds is 2. The minimum Gasteiger partial charge on any atom is -0.289 e. The van der Waals surface area contributed by atoms with Crippen LogP contribution in [0.5, 0.6) is 0 Å². The van der Waals surface area contributed by atoms with Crippen LogP contribution in [-0.2, 0) is 0 Å². The largest absolute Gasteiger partial charge is 0.385 e. The molecule has 0 amide bonds. The van der Waals surface area contributed by atoms with E-state index in [2.05, 4.69) is 9.95 Å². The molecule has 0 heterocycles. The van der Waals surface area contributed by atoms with E-state index >= 15 is 0 Å². The number of hydrogen-bond donors (Lipinski definition) is 0. The first-order valence-electron chi connectivity index (χ1n) is 5.19. The highest BCUT2D eigenvalue weighted by Gasteiger charge is 2.13. The average molecular weight is 236 g/mol. The van der Waals surface area contributed by atoms with E-state index < -0.39 is 0 Å². The zero-order chi connectivity index (χ0) is 13.0. The van der Waals surface area contributed by atoms with E-state index in [9.17, 15) is 4.79 Å². The summed E-state index contributed by atoms with van der Waals surface area (Å²) in [4.78, 5) is 18.1. The lowest BCUT2D eigenvalue weighted by Crippen LogP contribution is -2.00. The van der Waals surface area contributed by atoms with Crippen LogP contribution in [0.1, 0.15) is 15.9 Å². The summed E-state index contributed by atoms with van der Waals surface area (Å²) in [6.45, 7) is 0. The summed E-state index contributed by atoms with van der Waals surface area (Å²) in [5.41, 5.74) is 1.77. The molecule has 0 radical (unpaired) electrons. The minimum atomic E-state index is -0.149. The highest BCUT2D eigenvalue weighted by atomic mass is 16.1. The van der Waals surface area contributed by atoms with Crippen molar-refractivity contribution in [3.8, 4) is 0 Å². The first-order chi connectivity index (χ1) is 8.74. The smallest absolute Gasteiger partial charge is 0.289 e. The van der Waals surface area contributed by atoms with Gasteiger partial charge in [0, 0.05) is 35.4 Å². The monoisotopic (exact) mass is 236 g/mol. The number of nitrogens with zero attached hydrogens (tertiary/aromatic N) is 4. The van der Waals surface area contributed by atoms with Gasteiger partial charge in [-0.05, 0) is 24.3 Å². The molecule has 0 unspecified atom stereocenters. The fourth-order valence-electron chi connectivity index (χ4n) is 1.53. The Kier molecular flexibility index (Phi) is 3.08. The molecule has 0 saturated carbocycles. The van der Waals surface area contributed by atoms with Crippen molar-refractivity contribution in [3.63, 3.8) is 0 Å². The van der Waals surface area contributed by atoms with Gasteiger partial charge in [-0.2, -0.15) is 0 Å².